The van der Waals surface area contributed by atoms with Crippen LogP contribution in [-0.2, 0) is 25.7 Å². The molecule has 3 aromatic carbocycles. The lowest BCUT2D eigenvalue weighted by Crippen LogP contribution is -2.33. The fourth-order valence-electron chi connectivity index (χ4n) is 5.09. The van der Waals surface area contributed by atoms with Crippen LogP contribution in [0.5, 0.6) is 23.0 Å². The molecule has 0 spiro atoms. The third kappa shape index (κ3) is 3.40. The van der Waals surface area contributed by atoms with Crippen molar-refractivity contribution in [1.29, 1.82) is 0 Å². The Labute approximate surface area is 183 Å². The number of aromatic hydroxyl groups is 2. The third-order valence-corrected chi connectivity index (χ3v) is 6.67. The van der Waals surface area contributed by atoms with Crippen LogP contribution >= 0.6 is 0 Å². The first-order valence-electron chi connectivity index (χ1n) is 10.9. The lowest BCUT2D eigenvalue weighted by Gasteiger charge is -2.35. The molecule has 31 heavy (non-hydrogen) atoms. The Hall–Kier alpha value is -3.14. The zero-order chi connectivity index (χ0) is 21.8. The summed E-state index contributed by atoms with van der Waals surface area (Å²) in [5.41, 5.74) is 7.82. The van der Waals surface area contributed by atoms with E-state index in [9.17, 15) is 10.2 Å². The average molecular weight is 417 g/mol. The molecular formula is C27H28O4. The highest BCUT2D eigenvalue weighted by Crippen LogP contribution is 2.48. The van der Waals surface area contributed by atoms with Gasteiger partial charge in [0.15, 0.2) is 0 Å². The quantitative estimate of drug-likeness (QED) is 0.586. The first kappa shape index (κ1) is 19.8. The molecule has 3 aromatic rings. The highest BCUT2D eigenvalue weighted by Gasteiger charge is 2.32. The molecule has 1 aliphatic carbocycles. The van der Waals surface area contributed by atoms with Gasteiger partial charge in [-0.15, -0.1) is 0 Å². The number of hydrogen-bond acceptors (Lipinski definition) is 4. The lowest BCUT2D eigenvalue weighted by atomic mass is 9.77. The average Bonchev–Trinajstić information content (AvgIpc) is 2.75. The van der Waals surface area contributed by atoms with Crippen LogP contribution in [-0.4, -0.2) is 22.9 Å². The molecular weight excluding hydrogens is 388 g/mol. The second-order valence-electron chi connectivity index (χ2n) is 9.20. The van der Waals surface area contributed by atoms with E-state index < -0.39 is 0 Å². The Morgan fingerprint density at radius 3 is 2.42 bits per heavy atom. The number of ether oxygens (including phenoxy) is 2. The summed E-state index contributed by atoms with van der Waals surface area (Å²) >= 11 is 0. The topological polar surface area (TPSA) is 58.9 Å². The summed E-state index contributed by atoms with van der Waals surface area (Å²) in [7, 11) is 1.65. The van der Waals surface area contributed by atoms with Crippen molar-refractivity contribution >= 4 is 0 Å². The number of phenolic OH excluding ortho intramolecular Hbond substituents is 2. The van der Waals surface area contributed by atoms with E-state index >= 15 is 0 Å². The van der Waals surface area contributed by atoms with Gasteiger partial charge in [-0.05, 0) is 85.5 Å². The highest BCUT2D eigenvalue weighted by atomic mass is 16.5. The maximum Gasteiger partial charge on any atom is 0.127 e. The summed E-state index contributed by atoms with van der Waals surface area (Å²) in [6.07, 6.45) is 4.44. The monoisotopic (exact) mass is 416 g/mol. The van der Waals surface area contributed by atoms with Crippen LogP contribution in [0.1, 0.15) is 48.1 Å². The second kappa shape index (κ2) is 7.23. The molecule has 5 rings (SSSR count). The Balaban J connectivity index is 1.64. The fraction of sp³-hybridized carbons (Fsp3) is 0.333. The van der Waals surface area contributed by atoms with Crippen molar-refractivity contribution in [3.63, 3.8) is 0 Å². The van der Waals surface area contributed by atoms with Crippen molar-refractivity contribution in [2.45, 2.75) is 51.6 Å². The lowest BCUT2D eigenvalue weighted by molar-refractivity contribution is 0.0844. The van der Waals surface area contributed by atoms with Gasteiger partial charge in [0, 0.05) is 23.6 Å². The SMILES string of the molecule is COc1cc(O)c2c(c1Cc1ccc(O)cc1)CCc1c-2ccc2c1CCC(C)(C)O2. The molecule has 0 fully saturated rings. The Morgan fingerprint density at radius 2 is 1.68 bits per heavy atom. The van der Waals surface area contributed by atoms with Crippen molar-refractivity contribution in [3.05, 3.63) is 70.3 Å². The van der Waals surface area contributed by atoms with E-state index in [1.807, 2.05) is 12.1 Å². The van der Waals surface area contributed by atoms with Crippen LogP contribution in [0.25, 0.3) is 11.1 Å². The summed E-state index contributed by atoms with van der Waals surface area (Å²) in [6.45, 7) is 4.27. The minimum absolute atomic E-state index is 0.138. The molecule has 0 amide bonds. The van der Waals surface area contributed by atoms with Gasteiger partial charge < -0.3 is 19.7 Å². The van der Waals surface area contributed by atoms with Gasteiger partial charge in [-0.2, -0.15) is 0 Å². The minimum atomic E-state index is -0.138. The summed E-state index contributed by atoms with van der Waals surface area (Å²) in [6, 6.07) is 13.2. The predicted octanol–water partition coefficient (Wildman–Crippen LogP) is 5.57. The molecule has 0 aromatic heterocycles. The molecule has 0 saturated carbocycles. The maximum absolute atomic E-state index is 11.0. The Bertz CT molecular complexity index is 1160. The normalized spacial score (nSPS) is 16.0. The molecule has 4 nitrogen and oxygen atoms in total. The number of benzene rings is 3. The van der Waals surface area contributed by atoms with E-state index in [1.165, 1.54) is 11.1 Å². The largest absolute Gasteiger partial charge is 0.508 e. The van der Waals surface area contributed by atoms with E-state index in [-0.39, 0.29) is 17.1 Å². The van der Waals surface area contributed by atoms with E-state index in [0.29, 0.717) is 12.2 Å². The third-order valence-electron chi connectivity index (χ3n) is 6.67. The van der Waals surface area contributed by atoms with Crippen LogP contribution in [0, 0.1) is 0 Å². The molecule has 0 bridgehead atoms. The number of phenols is 2. The van der Waals surface area contributed by atoms with Crippen molar-refractivity contribution < 1.29 is 19.7 Å². The van der Waals surface area contributed by atoms with Crippen LogP contribution < -0.4 is 9.47 Å². The summed E-state index contributed by atoms with van der Waals surface area (Å²) < 4.78 is 11.9. The van der Waals surface area contributed by atoms with Gasteiger partial charge >= 0.3 is 0 Å². The minimum Gasteiger partial charge on any atom is -0.508 e. The Morgan fingerprint density at radius 1 is 0.935 bits per heavy atom. The first-order valence-corrected chi connectivity index (χ1v) is 10.9. The van der Waals surface area contributed by atoms with Gasteiger partial charge in [-0.3, -0.25) is 0 Å². The van der Waals surface area contributed by atoms with Crippen molar-refractivity contribution in [2.24, 2.45) is 0 Å². The molecule has 0 unspecified atom stereocenters. The van der Waals surface area contributed by atoms with Gasteiger partial charge in [0.25, 0.3) is 0 Å². The van der Waals surface area contributed by atoms with Crippen LogP contribution in [0.4, 0.5) is 0 Å². The van der Waals surface area contributed by atoms with Crippen LogP contribution in [0.2, 0.25) is 0 Å². The van der Waals surface area contributed by atoms with Crippen molar-refractivity contribution in [3.8, 4) is 34.1 Å². The van der Waals surface area contributed by atoms with Crippen LogP contribution in [0.15, 0.2) is 42.5 Å². The molecule has 2 N–H and O–H groups in total. The smallest absolute Gasteiger partial charge is 0.127 e. The molecule has 0 atom stereocenters. The molecule has 4 heteroatoms. The zero-order valence-electron chi connectivity index (χ0n) is 18.3. The van der Waals surface area contributed by atoms with Gasteiger partial charge in [-0.1, -0.05) is 18.2 Å². The van der Waals surface area contributed by atoms with E-state index in [0.717, 1.165) is 59.3 Å². The number of fused-ring (bicyclic) bond motifs is 5. The van der Waals surface area contributed by atoms with Gasteiger partial charge in [0.1, 0.15) is 28.6 Å². The summed E-state index contributed by atoms with van der Waals surface area (Å²) in [4.78, 5) is 0. The maximum atomic E-state index is 11.0. The van der Waals surface area contributed by atoms with E-state index in [1.54, 1.807) is 25.3 Å². The Kier molecular flexibility index (Phi) is 4.62. The molecule has 2 aliphatic rings. The second-order valence-corrected chi connectivity index (χ2v) is 9.20. The molecule has 1 heterocycles. The van der Waals surface area contributed by atoms with Crippen LogP contribution in [0.3, 0.4) is 0 Å². The first-order chi connectivity index (χ1) is 14.9. The van der Waals surface area contributed by atoms with E-state index in [4.69, 9.17) is 9.47 Å². The number of hydrogen-bond donors (Lipinski definition) is 2. The van der Waals surface area contributed by atoms with E-state index in [2.05, 4.69) is 26.0 Å². The highest BCUT2D eigenvalue weighted by molar-refractivity contribution is 5.82. The fourth-order valence-corrected chi connectivity index (χ4v) is 5.09. The van der Waals surface area contributed by atoms with Gasteiger partial charge in [0.2, 0.25) is 0 Å². The summed E-state index contributed by atoms with van der Waals surface area (Å²) in [5, 5.41) is 20.6. The van der Waals surface area contributed by atoms with Crippen molar-refractivity contribution in [1.82, 2.24) is 0 Å². The zero-order valence-corrected chi connectivity index (χ0v) is 18.3. The molecule has 0 saturated heterocycles. The van der Waals surface area contributed by atoms with Gasteiger partial charge in [-0.25, -0.2) is 0 Å². The van der Waals surface area contributed by atoms with Crippen molar-refractivity contribution in [2.75, 3.05) is 7.11 Å². The van der Waals surface area contributed by atoms with Gasteiger partial charge in [0.05, 0.1) is 7.11 Å². The number of methoxy groups -OCH3 is 1. The molecule has 160 valence electrons. The molecule has 0 radical (unpaired) electrons. The predicted molar refractivity (Wildman–Crippen MR) is 121 cm³/mol. The summed E-state index contributed by atoms with van der Waals surface area (Å²) in [5.74, 6) is 2.21. The standard InChI is InChI=1S/C27H28O4/c1-27(2)13-12-19-18-8-9-21-22(14-16-4-6-17(28)7-5-16)25(30-3)15-23(29)26(21)20(18)10-11-24(19)31-27/h4-7,10-11,15,28-29H,8-9,12-14H2,1-3H3. The molecule has 1 aliphatic heterocycles. The number of rotatable bonds is 3.